The van der Waals surface area contributed by atoms with E-state index in [-0.39, 0.29) is 24.3 Å². The lowest BCUT2D eigenvalue weighted by molar-refractivity contribution is -0.145. The summed E-state index contributed by atoms with van der Waals surface area (Å²) in [6.07, 6.45) is 1.62. The SMILES string of the molecule is C=CCOc1ccccc1C(=O)N(C)CC(C)C(=O)OC. The molecule has 0 spiro atoms. The number of ether oxygens (including phenoxy) is 2. The van der Waals surface area contributed by atoms with Crippen LogP contribution in [0.25, 0.3) is 0 Å². The highest BCUT2D eigenvalue weighted by Crippen LogP contribution is 2.20. The molecule has 5 heteroatoms. The largest absolute Gasteiger partial charge is 0.489 e. The normalized spacial score (nSPS) is 11.4. The summed E-state index contributed by atoms with van der Waals surface area (Å²) in [6.45, 7) is 5.90. The molecule has 1 unspecified atom stereocenters. The van der Waals surface area contributed by atoms with Crippen LogP contribution in [-0.2, 0) is 9.53 Å². The van der Waals surface area contributed by atoms with Gasteiger partial charge < -0.3 is 14.4 Å². The summed E-state index contributed by atoms with van der Waals surface area (Å²) < 4.78 is 10.1. The van der Waals surface area contributed by atoms with E-state index >= 15 is 0 Å². The summed E-state index contributed by atoms with van der Waals surface area (Å²) in [4.78, 5) is 25.3. The number of nitrogens with zero attached hydrogens (tertiary/aromatic N) is 1. The Morgan fingerprint density at radius 3 is 2.67 bits per heavy atom. The zero-order chi connectivity index (χ0) is 15.8. The van der Waals surface area contributed by atoms with Gasteiger partial charge in [0.1, 0.15) is 12.4 Å². The van der Waals surface area contributed by atoms with Crippen LogP contribution in [0.3, 0.4) is 0 Å². The van der Waals surface area contributed by atoms with E-state index in [1.807, 2.05) is 0 Å². The van der Waals surface area contributed by atoms with Crippen molar-refractivity contribution in [2.24, 2.45) is 5.92 Å². The highest BCUT2D eigenvalue weighted by molar-refractivity contribution is 5.97. The summed E-state index contributed by atoms with van der Waals surface area (Å²) in [5.41, 5.74) is 0.457. The van der Waals surface area contributed by atoms with Crippen LogP contribution in [0, 0.1) is 5.92 Å². The maximum Gasteiger partial charge on any atom is 0.310 e. The lowest BCUT2D eigenvalue weighted by Gasteiger charge is -2.21. The number of esters is 1. The third kappa shape index (κ3) is 4.63. The van der Waals surface area contributed by atoms with E-state index in [4.69, 9.17) is 4.74 Å². The van der Waals surface area contributed by atoms with Gasteiger partial charge >= 0.3 is 5.97 Å². The van der Waals surface area contributed by atoms with E-state index in [1.54, 1.807) is 44.3 Å². The van der Waals surface area contributed by atoms with Crippen molar-refractivity contribution < 1.29 is 19.1 Å². The summed E-state index contributed by atoms with van der Waals surface area (Å²) in [5.74, 6) is -0.429. The van der Waals surface area contributed by atoms with Crippen molar-refractivity contribution in [1.82, 2.24) is 4.90 Å². The Hall–Kier alpha value is -2.30. The smallest absolute Gasteiger partial charge is 0.310 e. The average Bonchev–Trinajstić information content (AvgIpc) is 2.51. The van der Waals surface area contributed by atoms with Gasteiger partial charge in [-0.3, -0.25) is 9.59 Å². The van der Waals surface area contributed by atoms with Crippen LogP contribution in [0.15, 0.2) is 36.9 Å². The molecule has 1 atom stereocenters. The zero-order valence-corrected chi connectivity index (χ0v) is 12.7. The fourth-order valence-electron chi connectivity index (χ4n) is 1.89. The number of carbonyl (C=O) groups is 2. The Morgan fingerprint density at radius 1 is 1.38 bits per heavy atom. The molecule has 0 radical (unpaired) electrons. The maximum atomic E-state index is 12.4. The zero-order valence-electron chi connectivity index (χ0n) is 12.7. The molecule has 1 aromatic carbocycles. The average molecular weight is 291 g/mol. The number of carbonyl (C=O) groups excluding carboxylic acids is 2. The van der Waals surface area contributed by atoms with E-state index in [0.29, 0.717) is 17.9 Å². The standard InChI is InChI=1S/C16H21NO4/c1-5-10-21-14-9-7-6-8-13(14)15(18)17(3)11-12(2)16(19)20-4/h5-9,12H,1,10-11H2,2-4H3. The molecule has 0 aromatic heterocycles. The molecule has 1 aromatic rings. The Labute approximate surface area is 125 Å². The lowest BCUT2D eigenvalue weighted by Crippen LogP contribution is -2.34. The van der Waals surface area contributed by atoms with E-state index in [0.717, 1.165) is 0 Å². The second-order valence-electron chi connectivity index (χ2n) is 4.71. The molecular weight excluding hydrogens is 270 g/mol. The first kappa shape index (κ1) is 16.8. The molecule has 114 valence electrons. The van der Waals surface area contributed by atoms with E-state index in [1.165, 1.54) is 12.0 Å². The number of hydrogen-bond donors (Lipinski definition) is 0. The second kappa shape index (κ2) is 8.09. The van der Waals surface area contributed by atoms with E-state index in [2.05, 4.69) is 11.3 Å². The number of rotatable bonds is 7. The number of benzene rings is 1. The molecule has 1 rings (SSSR count). The second-order valence-corrected chi connectivity index (χ2v) is 4.71. The summed E-state index contributed by atoms with van der Waals surface area (Å²) >= 11 is 0. The van der Waals surface area contributed by atoms with Gasteiger partial charge in [0.25, 0.3) is 5.91 Å². The third-order valence-electron chi connectivity index (χ3n) is 2.97. The molecule has 0 saturated carbocycles. The molecule has 0 aliphatic rings. The maximum absolute atomic E-state index is 12.4. The van der Waals surface area contributed by atoms with Crippen LogP contribution in [0.1, 0.15) is 17.3 Å². The lowest BCUT2D eigenvalue weighted by atomic mass is 10.1. The molecule has 1 amide bonds. The van der Waals surface area contributed by atoms with Gasteiger partial charge in [0.15, 0.2) is 0 Å². The number of para-hydroxylation sites is 1. The van der Waals surface area contributed by atoms with Crippen molar-refractivity contribution in [3.05, 3.63) is 42.5 Å². The predicted molar refractivity (Wildman–Crippen MR) is 80.3 cm³/mol. The first-order valence-corrected chi connectivity index (χ1v) is 6.67. The first-order valence-electron chi connectivity index (χ1n) is 6.67. The van der Waals surface area contributed by atoms with Crippen LogP contribution >= 0.6 is 0 Å². The molecule has 21 heavy (non-hydrogen) atoms. The van der Waals surface area contributed by atoms with Crippen LogP contribution < -0.4 is 4.74 Å². The van der Waals surface area contributed by atoms with Crippen molar-refractivity contribution in [1.29, 1.82) is 0 Å². The fourth-order valence-corrected chi connectivity index (χ4v) is 1.89. The quantitative estimate of drug-likeness (QED) is 0.570. The summed E-state index contributed by atoms with van der Waals surface area (Å²) in [7, 11) is 2.98. The molecule has 0 aliphatic carbocycles. The van der Waals surface area contributed by atoms with Gasteiger partial charge in [-0.2, -0.15) is 0 Å². The molecule has 0 saturated heterocycles. The van der Waals surface area contributed by atoms with Gasteiger partial charge in [0, 0.05) is 13.6 Å². The van der Waals surface area contributed by atoms with Crippen LogP contribution in [-0.4, -0.2) is 44.1 Å². The predicted octanol–water partition coefficient (Wildman–Crippen LogP) is 2.13. The van der Waals surface area contributed by atoms with Gasteiger partial charge in [-0.15, -0.1) is 0 Å². The molecule has 0 fully saturated rings. The first-order chi connectivity index (χ1) is 10.0. The van der Waals surface area contributed by atoms with Crippen molar-refractivity contribution in [3.8, 4) is 5.75 Å². The minimum absolute atomic E-state index is 0.203. The van der Waals surface area contributed by atoms with E-state index in [9.17, 15) is 9.59 Å². The molecule has 0 heterocycles. The summed E-state index contributed by atoms with van der Waals surface area (Å²) in [5, 5.41) is 0. The highest BCUT2D eigenvalue weighted by Gasteiger charge is 2.21. The number of hydrogen-bond acceptors (Lipinski definition) is 4. The third-order valence-corrected chi connectivity index (χ3v) is 2.97. The van der Waals surface area contributed by atoms with Crippen LogP contribution in [0.5, 0.6) is 5.75 Å². The van der Waals surface area contributed by atoms with E-state index < -0.39 is 0 Å². The monoisotopic (exact) mass is 291 g/mol. The minimum atomic E-state index is -0.384. The molecule has 0 N–H and O–H groups in total. The summed E-state index contributed by atoms with van der Waals surface area (Å²) in [6, 6.07) is 6.99. The van der Waals surface area contributed by atoms with Crippen molar-refractivity contribution in [3.63, 3.8) is 0 Å². The van der Waals surface area contributed by atoms with Crippen molar-refractivity contribution in [2.45, 2.75) is 6.92 Å². The Balaban J connectivity index is 2.82. The van der Waals surface area contributed by atoms with Crippen LogP contribution in [0.4, 0.5) is 0 Å². The number of methoxy groups -OCH3 is 1. The molecule has 5 nitrogen and oxygen atoms in total. The Bertz CT molecular complexity index is 513. The van der Waals surface area contributed by atoms with Crippen molar-refractivity contribution >= 4 is 11.9 Å². The minimum Gasteiger partial charge on any atom is -0.489 e. The van der Waals surface area contributed by atoms with Gasteiger partial charge in [-0.1, -0.05) is 31.7 Å². The highest BCUT2D eigenvalue weighted by atomic mass is 16.5. The molecule has 0 bridgehead atoms. The Morgan fingerprint density at radius 2 is 2.05 bits per heavy atom. The van der Waals surface area contributed by atoms with Crippen LogP contribution in [0.2, 0.25) is 0 Å². The van der Waals surface area contributed by atoms with Crippen molar-refractivity contribution in [2.75, 3.05) is 27.3 Å². The Kier molecular flexibility index (Phi) is 6.46. The van der Waals surface area contributed by atoms with Gasteiger partial charge in [-0.25, -0.2) is 0 Å². The van der Waals surface area contributed by atoms with Gasteiger partial charge in [-0.05, 0) is 12.1 Å². The molecule has 0 aliphatic heterocycles. The fraction of sp³-hybridized carbons (Fsp3) is 0.375. The van der Waals surface area contributed by atoms with Gasteiger partial charge in [0.05, 0.1) is 18.6 Å². The molecular formula is C16H21NO4. The number of amides is 1. The van der Waals surface area contributed by atoms with Gasteiger partial charge in [0.2, 0.25) is 0 Å². The topological polar surface area (TPSA) is 55.8 Å².